The summed E-state index contributed by atoms with van der Waals surface area (Å²) in [7, 11) is 0. The molecule has 4 heterocycles. The van der Waals surface area contributed by atoms with E-state index in [1.54, 1.807) is 30.6 Å². The summed E-state index contributed by atoms with van der Waals surface area (Å²) >= 11 is 0. The average molecular weight is 381 g/mol. The topological polar surface area (TPSA) is 127 Å². The van der Waals surface area contributed by atoms with Gasteiger partial charge in [-0.3, -0.25) is 4.94 Å². The minimum absolute atomic E-state index is 0.0656. The fraction of sp³-hybridized carbons (Fsp3) is 0.118. The van der Waals surface area contributed by atoms with Crippen LogP contribution in [0.4, 0.5) is 27.7 Å². The molecular weight excluding hydrogens is 369 g/mol. The Bertz CT molecular complexity index is 1060. The van der Waals surface area contributed by atoms with Crippen LogP contribution in [0.25, 0.3) is 0 Å². The number of nitrogens with one attached hydrogen (secondary N) is 2. The second kappa shape index (κ2) is 7.58. The van der Waals surface area contributed by atoms with Crippen LogP contribution in [-0.4, -0.2) is 33.1 Å². The van der Waals surface area contributed by atoms with E-state index in [4.69, 9.17) is 14.7 Å². The average Bonchev–Trinajstić information content (AvgIpc) is 2.74. The van der Waals surface area contributed by atoms with Crippen molar-refractivity contribution in [3.05, 3.63) is 42.4 Å². The second-order valence-corrected chi connectivity index (χ2v) is 5.51. The first-order valence-electron chi connectivity index (χ1n) is 8.06. The van der Waals surface area contributed by atoms with E-state index in [-0.39, 0.29) is 11.5 Å². The van der Waals surface area contributed by atoms with E-state index in [9.17, 15) is 4.53 Å². The third-order valence-corrected chi connectivity index (χ3v) is 3.63. The molecule has 0 aromatic carbocycles. The van der Waals surface area contributed by atoms with E-state index in [2.05, 4.69) is 35.5 Å². The second-order valence-electron chi connectivity index (χ2n) is 5.51. The molecule has 0 amide bonds. The lowest BCUT2D eigenvalue weighted by molar-refractivity contribution is -0.0122. The number of halogens is 1. The molecule has 2 N–H and O–H groups in total. The molecule has 140 valence electrons. The van der Waals surface area contributed by atoms with Gasteiger partial charge in [-0.05, 0) is 12.1 Å². The van der Waals surface area contributed by atoms with Crippen molar-refractivity contribution in [1.82, 2.24) is 19.9 Å². The predicted molar refractivity (Wildman–Crippen MR) is 94.5 cm³/mol. The molecule has 10 nitrogen and oxygen atoms in total. The lowest BCUT2D eigenvalue weighted by Crippen LogP contribution is -2.16. The Kier molecular flexibility index (Phi) is 4.67. The van der Waals surface area contributed by atoms with Gasteiger partial charge in [-0.1, -0.05) is 0 Å². The first-order chi connectivity index (χ1) is 13.7. The maximum Gasteiger partial charge on any atom is 0.280 e. The van der Waals surface area contributed by atoms with Crippen LogP contribution in [-0.2, 0) is 0 Å². The normalized spacial score (nSPS) is 12.0. The van der Waals surface area contributed by atoms with Gasteiger partial charge in [0, 0.05) is 16.8 Å². The van der Waals surface area contributed by atoms with Crippen LogP contribution >= 0.6 is 0 Å². The van der Waals surface area contributed by atoms with Crippen LogP contribution in [0.3, 0.4) is 0 Å². The number of hydrogen-bond acceptors (Lipinski definition) is 10. The third-order valence-electron chi connectivity index (χ3n) is 3.63. The molecule has 0 saturated carbocycles. The third kappa shape index (κ3) is 3.65. The Hall–Kier alpha value is -4.20. The molecule has 0 radical (unpaired) electrons. The van der Waals surface area contributed by atoms with Gasteiger partial charge in [-0.2, -0.15) is 10.2 Å². The van der Waals surface area contributed by atoms with Crippen molar-refractivity contribution in [1.29, 1.82) is 5.26 Å². The van der Waals surface area contributed by atoms with Gasteiger partial charge in [0.25, 0.3) is 11.8 Å². The van der Waals surface area contributed by atoms with Gasteiger partial charge < -0.3 is 20.1 Å². The molecule has 0 unspecified atom stereocenters. The van der Waals surface area contributed by atoms with Gasteiger partial charge in [0.15, 0.2) is 5.75 Å². The lowest BCUT2D eigenvalue weighted by Gasteiger charge is -2.17. The summed E-state index contributed by atoms with van der Waals surface area (Å²) in [6.07, 6.45) is 4.44. The molecule has 0 atom stereocenters. The minimum Gasteiger partial charge on any atom is -0.484 e. The zero-order valence-electron chi connectivity index (χ0n) is 14.2. The van der Waals surface area contributed by atoms with Gasteiger partial charge in [0.2, 0.25) is 5.95 Å². The summed E-state index contributed by atoms with van der Waals surface area (Å²) in [6, 6.07) is 6.59. The summed E-state index contributed by atoms with van der Waals surface area (Å²) in [5.41, 5.74) is 0.992. The fourth-order valence-corrected chi connectivity index (χ4v) is 2.43. The molecule has 0 saturated heterocycles. The highest BCUT2D eigenvalue weighted by atomic mass is 19.3. The van der Waals surface area contributed by atoms with Crippen molar-refractivity contribution >= 4 is 23.1 Å². The van der Waals surface area contributed by atoms with Crippen molar-refractivity contribution in [3.63, 3.8) is 0 Å². The van der Waals surface area contributed by atoms with Crippen molar-refractivity contribution in [2.45, 2.75) is 0 Å². The number of anilines is 4. The van der Waals surface area contributed by atoms with Crippen LogP contribution < -0.4 is 25.0 Å². The van der Waals surface area contributed by atoms with Crippen LogP contribution in [0.1, 0.15) is 5.56 Å². The molecule has 4 rings (SSSR count). The molecule has 0 spiro atoms. The SMILES string of the molecule is N#Cc1cc(Nc2nccc(Nc3cnc4c(c3)OCCO4)n2)cnc1OF. The zero-order chi connectivity index (χ0) is 19.3. The molecule has 28 heavy (non-hydrogen) atoms. The van der Waals surface area contributed by atoms with Crippen molar-refractivity contribution in [3.8, 4) is 23.6 Å². The Labute approximate surface area is 157 Å². The number of nitrogens with zero attached hydrogens (tertiary/aromatic N) is 5. The van der Waals surface area contributed by atoms with Gasteiger partial charge in [-0.25, -0.2) is 15.0 Å². The highest BCUT2D eigenvalue weighted by Crippen LogP contribution is 2.31. The summed E-state index contributed by atoms with van der Waals surface area (Å²) in [6.45, 7) is 0.930. The van der Waals surface area contributed by atoms with Crippen molar-refractivity contribution in [2.24, 2.45) is 0 Å². The summed E-state index contributed by atoms with van der Waals surface area (Å²) in [4.78, 5) is 19.9. The maximum absolute atomic E-state index is 12.3. The highest BCUT2D eigenvalue weighted by molar-refractivity contribution is 5.62. The smallest absolute Gasteiger partial charge is 0.280 e. The van der Waals surface area contributed by atoms with E-state index in [0.717, 1.165) is 0 Å². The van der Waals surface area contributed by atoms with Gasteiger partial charge >= 0.3 is 0 Å². The molecule has 3 aromatic heterocycles. The molecule has 1 aliphatic rings. The zero-order valence-corrected chi connectivity index (χ0v) is 14.2. The van der Waals surface area contributed by atoms with Crippen LogP contribution in [0.15, 0.2) is 36.8 Å². The molecule has 3 aromatic rings. The Balaban J connectivity index is 1.51. The van der Waals surface area contributed by atoms with E-state index in [0.29, 0.717) is 42.0 Å². The van der Waals surface area contributed by atoms with Crippen LogP contribution in [0.2, 0.25) is 0 Å². The Morgan fingerprint density at radius 2 is 1.89 bits per heavy atom. The molecule has 0 aliphatic carbocycles. The van der Waals surface area contributed by atoms with Gasteiger partial charge in [-0.15, -0.1) is 0 Å². The van der Waals surface area contributed by atoms with Crippen molar-refractivity contribution < 1.29 is 18.9 Å². The number of aromatic nitrogens is 4. The maximum atomic E-state index is 12.3. The van der Waals surface area contributed by atoms with Crippen LogP contribution in [0.5, 0.6) is 17.5 Å². The highest BCUT2D eigenvalue weighted by Gasteiger charge is 2.14. The fourth-order valence-electron chi connectivity index (χ4n) is 2.43. The number of nitriles is 1. The largest absolute Gasteiger partial charge is 0.484 e. The minimum atomic E-state index is -0.407. The Morgan fingerprint density at radius 3 is 2.75 bits per heavy atom. The Morgan fingerprint density at radius 1 is 1.07 bits per heavy atom. The van der Waals surface area contributed by atoms with E-state index < -0.39 is 5.88 Å². The molecule has 11 heteroatoms. The number of pyridine rings is 2. The van der Waals surface area contributed by atoms with Gasteiger partial charge in [0.1, 0.15) is 30.7 Å². The quantitative estimate of drug-likeness (QED) is 0.681. The number of hydrogen-bond donors (Lipinski definition) is 2. The van der Waals surface area contributed by atoms with E-state index in [1.165, 1.54) is 12.3 Å². The summed E-state index contributed by atoms with van der Waals surface area (Å²) in [5.74, 6) is 1.33. The molecule has 0 bridgehead atoms. The monoisotopic (exact) mass is 381 g/mol. The first-order valence-corrected chi connectivity index (χ1v) is 8.06. The standard InChI is InChI=1S/C17H12FN7O3/c18-28-15-10(7-19)5-11(8-21-15)24-17-20-2-1-14(25-17)23-12-6-13-16(22-9-12)27-4-3-26-13/h1-2,5-6,8-9H,3-4H2,(H2,20,23,24,25). The summed E-state index contributed by atoms with van der Waals surface area (Å²) < 4.78 is 23.2. The van der Waals surface area contributed by atoms with Crippen molar-refractivity contribution in [2.75, 3.05) is 23.8 Å². The number of fused-ring (bicyclic) bond motifs is 1. The molecule has 1 aliphatic heterocycles. The number of rotatable bonds is 5. The first kappa shape index (κ1) is 17.2. The van der Waals surface area contributed by atoms with Gasteiger partial charge in [0.05, 0.1) is 23.8 Å². The molecular formula is C17H12FN7O3. The van der Waals surface area contributed by atoms with Crippen LogP contribution in [0, 0.1) is 11.3 Å². The summed E-state index contributed by atoms with van der Waals surface area (Å²) in [5, 5.41) is 15.0. The lowest BCUT2D eigenvalue weighted by atomic mass is 10.3. The van der Waals surface area contributed by atoms with E-state index in [1.807, 2.05) is 0 Å². The van der Waals surface area contributed by atoms with E-state index >= 15 is 0 Å². The number of ether oxygens (including phenoxy) is 2. The predicted octanol–water partition coefficient (Wildman–Crippen LogP) is 2.66. The molecule has 0 fully saturated rings.